The van der Waals surface area contributed by atoms with Crippen LogP contribution in [0, 0.1) is 0 Å². The minimum atomic E-state index is -4.34. The van der Waals surface area contributed by atoms with Crippen molar-refractivity contribution in [3.63, 3.8) is 0 Å². The topological polar surface area (TPSA) is 17.3 Å². The highest BCUT2D eigenvalue weighted by atomic mass is 19.4. The number of hydrogen-bond donors (Lipinski definition) is 0. The fourth-order valence-electron chi connectivity index (χ4n) is 3.48. The van der Waals surface area contributed by atoms with Crippen molar-refractivity contribution in [2.24, 2.45) is 0 Å². The number of alkyl halides is 3. The average Bonchev–Trinajstić information content (AvgIpc) is 3.16. The molecule has 0 amide bonds. The summed E-state index contributed by atoms with van der Waals surface area (Å²) in [6.07, 6.45) is -4.34. The van der Waals surface area contributed by atoms with Crippen LogP contribution in [0.15, 0.2) is 66.7 Å². The molecule has 0 unspecified atom stereocenters. The zero-order chi connectivity index (χ0) is 17.2. The van der Waals surface area contributed by atoms with Crippen LogP contribution in [0.2, 0.25) is 0 Å². The van der Waals surface area contributed by atoms with Gasteiger partial charge >= 0.3 is 6.18 Å². The molecule has 5 aromatic rings. The first-order chi connectivity index (χ1) is 12.0. The van der Waals surface area contributed by atoms with Crippen LogP contribution >= 0.6 is 0 Å². The molecule has 0 saturated heterocycles. The van der Waals surface area contributed by atoms with Gasteiger partial charge in [0.15, 0.2) is 0 Å². The molecule has 0 aliphatic rings. The quantitative estimate of drug-likeness (QED) is 0.380. The van der Waals surface area contributed by atoms with Gasteiger partial charge in [0.1, 0.15) is 5.65 Å². The second kappa shape index (κ2) is 4.72. The number of rotatable bonds is 1. The van der Waals surface area contributed by atoms with Crippen LogP contribution in [0.5, 0.6) is 0 Å². The molecule has 122 valence electrons. The van der Waals surface area contributed by atoms with Gasteiger partial charge in [-0.15, -0.1) is 0 Å². The number of fused-ring (bicyclic) bond motifs is 3. The number of halogens is 3. The Morgan fingerprint density at radius 1 is 0.760 bits per heavy atom. The van der Waals surface area contributed by atoms with Gasteiger partial charge in [0.25, 0.3) is 0 Å². The Bertz CT molecular complexity index is 1220. The maximum absolute atomic E-state index is 12.8. The highest BCUT2D eigenvalue weighted by Gasteiger charge is 2.30. The minimum Gasteiger partial charge on any atom is -0.292 e. The van der Waals surface area contributed by atoms with Crippen molar-refractivity contribution >= 4 is 27.5 Å². The lowest BCUT2D eigenvalue weighted by Gasteiger charge is -2.06. The van der Waals surface area contributed by atoms with Crippen LogP contribution in [0.4, 0.5) is 13.2 Å². The monoisotopic (exact) mass is 336 g/mol. The molecular weight excluding hydrogens is 325 g/mol. The fraction of sp³-hybridized carbons (Fsp3) is 0.0500. The van der Waals surface area contributed by atoms with E-state index in [9.17, 15) is 13.2 Å². The lowest BCUT2D eigenvalue weighted by molar-refractivity contribution is -0.137. The summed E-state index contributed by atoms with van der Waals surface area (Å²) in [6, 6.07) is 19.1. The van der Waals surface area contributed by atoms with E-state index in [0.29, 0.717) is 11.3 Å². The van der Waals surface area contributed by atoms with Gasteiger partial charge in [0, 0.05) is 16.3 Å². The largest absolute Gasteiger partial charge is 0.416 e. The highest BCUT2D eigenvalue weighted by molar-refractivity contribution is 6.13. The van der Waals surface area contributed by atoms with Gasteiger partial charge in [-0.1, -0.05) is 42.5 Å². The molecule has 2 nitrogen and oxygen atoms in total. The van der Waals surface area contributed by atoms with E-state index in [0.717, 1.165) is 39.6 Å². The molecule has 0 saturated carbocycles. The molecule has 0 fully saturated rings. The van der Waals surface area contributed by atoms with Crippen LogP contribution in [0.3, 0.4) is 0 Å². The van der Waals surface area contributed by atoms with E-state index in [1.807, 2.05) is 42.5 Å². The van der Waals surface area contributed by atoms with Crippen molar-refractivity contribution in [3.05, 3.63) is 72.3 Å². The Balaban J connectivity index is 1.84. The molecule has 0 atom stereocenters. The molecule has 5 rings (SSSR count). The van der Waals surface area contributed by atoms with Crippen molar-refractivity contribution in [1.82, 2.24) is 9.38 Å². The lowest BCUT2D eigenvalue weighted by atomic mass is 10.1. The minimum absolute atomic E-state index is 0.655. The fourth-order valence-corrected chi connectivity index (χ4v) is 3.48. The van der Waals surface area contributed by atoms with Crippen molar-refractivity contribution in [3.8, 4) is 11.3 Å². The van der Waals surface area contributed by atoms with Crippen LogP contribution < -0.4 is 0 Å². The number of pyridine rings is 1. The Morgan fingerprint density at radius 2 is 1.48 bits per heavy atom. The van der Waals surface area contributed by atoms with E-state index in [1.54, 1.807) is 0 Å². The summed E-state index contributed by atoms with van der Waals surface area (Å²) in [6.45, 7) is 0. The predicted molar refractivity (Wildman–Crippen MR) is 91.8 cm³/mol. The summed E-state index contributed by atoms with van der Waals surface area (Å²) >= 11 is 0. The van der Waals surface area contributed by atoms with Gasteiger partial charge in [0.05, 0.1) is 22.3 Å². The number of benzene rings is 2. The summed E-state index contributed by atoms with van der Waals surface area (Å²) in [5.74, 6) is 0. The normalized spacial score (nSPS) is 12.6. The van der Waals surface area contributed by atoms with Gasteiger partial charge in [-0.2, -0.15) is 13.2 Å². The number of hydrogen-bond acceptors (Lipinski definition) is 1. The molecule has 0 radical (unpaired) electrons. The van der Waals surface area contributed by atoms with Gasteiger partial charge in [-0.3, -0.25) is 4.40 Å². The third-order valence-electron chi connectivity index (χ3n) is 4.59. The van der Waals surface area contributed by atoms with Crippen LogP contribution in [0.25, 0.3) is 38.7 Å². The Morgan fingerprint density at radius 3 is 2.20 bits per heavy atom. The maximum Gasteiger partial charge on any atom is 0.416 e. The van der Waals surface area contributed by atoms with E-state index < -0.39 is 11.7 Å². The molecule has 0 spiro atoms. The summed E-state index contributed by atoms with van der Waals surface area (Å²) in [5, 5.41) is 2.16. The van der Waals surface area contributed by atoms with Gasteiger partial charge in [-0.05, 0) is 24.3 Å². The highest BCUT2D eigenvalue weighted by Crippen LogP contribution is 2.37. The Labute approximate surface area is 140 Å². The zero-order valence-electron chi connectivity index (χ0n) is 12.9. The van der Waals surface area contributed by atoms with E-state index in [4.69, 9.17) is 0 Å². The molecule has 0 N–H and O–H groups in total. The third-order valence-corrected chi connectivity index (χ3v) is 4.59. The second-order valence-electron chi connectivity index (χ2n) is 6.03. The van der Waals surface area contributed by atoms with Crippen molar-refractivity contribution in [2.75, 3.05) is 0 Å². The Kier molecular flexibility index (Phi) is 2.70. The molecule has 5 heteroatoms. The van der Waals surface area contributed by atoms with E-state index in [1.165, 1.54) is 12.1 Å². The third kappa shape index (κ3) is 1.95. The molecule has 2 aromatic carbocycles. The van der Waals surface area contributed by atoms with Crippen LogP contribution in [0.1, 0.15) is 5.56 Å². The predicted octanol–water partition coefficient (Wildman–Crippen LogP) is 5.76. The first-order valence-corrected chi connectivity index (χ1v) is 7.83. The first kappa shape index (κ1) is 14.3. The smallest absolute Gasteiger partial charge is 0.292 e. The van der Waals surface area contributed by atoms with Crippen LogP contribution in [-0.2, 0) is 6.18 Å². The number of aromatic nitrogens is 2. The molecule has 0 bridgehead atoms. The molecule has 3 aromatic heterocycles. The molecule has 3 heterocycles. The van der Waals surface area contributed by atoms with Crippen molar-refractivity contribution < 1.29 is 13.2 Å². The van der Waals surface area contributed by atoms with Gasteiger partial charge < -0.3 is 0 Å². The van der Waals surface area contributed by atoms with E-state index in [-0.39, 0.29) is 0 Å². The summed E-state index contributed by atoms with van der Waals surface area (Å²) in [5.41, 5.74) is 3.49. The van der Waals surface area contributed by atoms with E-state index in [2.05, 4.69) is 9.38 Å². The SMILES string of the molecule is FC(F)(F)c1ccc(-c2nc3cccc4c5ccccc5c2n34)cc1. The van der Waals surface area contributed by atoms with Gasteiger partial charge in [0.2, 0.25) is 0 Å². The first-order valence-electron chi connectivity index (χ1n) is 7.83. The van der Waals surface area contributed by atoms with Crippen LogP contribution in [-0.4, -0.2) is 9.38 Å². The van der Waals surface area contributed by atoms with E-state index >= 15 is 0 Å². The van der Waals surface area contributed by atoms with Crippen molar-refractivity contribution in [1.29, 1.82) is 0 Å². The van der Waals surface area contributed by atoms with Crippen molar-refractivity contribution in [2.45, 2.75) is 6.18 Å². The summed E-state index contributed by atoms with van der Waals surface area (Å²) in [7, 11) is 0. The molecule has 0 aliphatic carbocycles. The van der Waals surface area contributed by atoms with Gasteiger partial charge in [-0.25, -0.2) is 4.98 Å². The maximum atomic E-state index is 12.8. The lowest BCUT2D eigenvalue weighted by Crippen LogP contribution is -2.04. The molecule has 0 aliphatic heterocycles. The Hall–Kier alpha value is -3.08. The molecule has 25 heavy (non-hydrogen) atoms. The average molecular weight is 336 g/mol. The molecular formula is C20H11F3N2. The number of imidazole rings is 1. The zero-order valence-corrected chi connectivity index (χ0v) is 12.9. The second-order valence-corrected chi connectivity index (χ2v) is 6.03. The summed E-state index contributed by atoms with van der Waals surface area (Å²) < 4.78 is 40.5. The number of nitrogens with zero attached hydrogens (tertiary/aromatic N) is 2. The summed E-state index contributed by atoms with van der Waals surface area (Å²) in [4.78, 5) is 4.67. The standard InChI is InChI=1S/C20H11F3N2/c21-20(22,23)13-10-8-12(9-11-13)18-19-15-5-2-1-4-14(15)16-6-3-7-17(24-18)25(16)19/h1-11H.